The molecular formula is C14H21N. The van der Waals surface area contributed by atoms with Crippen molar-refractivity contribution in [1.29, 1.82) is 0 Å². The fraction of sp³-hybridized carbons (Fsp3) is 0.571. The Morgan fingerprint density at radius 2 is 1.67 bits per heavy atom. The molecule has 82 valence electrons. The van der Waals surface area contributed by atoms with Gasteiger partial charge >= 0.3 is 0 Å². The maximum atomic E-state index is 5.72. The van der Waals surface area contributed by atoms with Gasteiger partial charge in [0.05, 0.1) is 0 Å². The van der Waals surface area contributed by atoms with Gasteiger partial charge in [0, 0.05) is 0 Å². The van der Waals surface area contributed by atoms with E-state index in [1.807, 2.05) is 0 Å². The molecule has 0 aromatic heterocycles. The second-order valence-electron chi connectivity index (χ2n) is 5.09. The molecule has 0 atom stereocenters. The van der Waals surface area contributed by atoms with Crippen LogP contribution in [0.4, 0.5) is 0 Å². The Morgan fingerprint density at radius 1 is 1.13 bits per heavy atom. The summed E-state index contributed by atoms with van der Waals surface area (Å²) >= 11 is 0. The Kier molecular flexibility index (Phi) is 2.59. The molecule has 1 heteroatoms. The third-order valence-electron chi connectivity index (χ3n) is 3.68. The maximum absolute atomic E-state index is 5.72. The van der Waals surface area contributed by atoms with E-state index < -0.39 is 0 Å². The van der Waals surface area contributed by atoms with E-state index in [2.05, 4.69) is 32.9 Å². The topological polar surface area (TPSA) is 26.0 Å². The van der Waals surface area contributed by atoms with Gasteiger partial charge in [0.1, 0.15) is 0 Å². The highest BCUT2D eigenvalue weighted by Crippen LogP contribution is 2.52. The standard InChI is InChI=1S/C14H21N/c1-10-8-11(2)13(12(3)9-10)14(4-5-14)6-7-15/h8-9H,4-7,15H2,1-3H3. The summed E-state index contributed by atoms with van der Waals surface area (Å²) in [5, 5.41) is 0. The normalized spacial score (nSPS) is 17.9. The largest absolute Gasteiger partial charge is 0.330 e. The Bertz CT molecular complexity index is 352. The van der Waals surface area contributed by atoms with E-state index in [-0.39, 0.29) is 0 Å². The van der Waals surface area contributed by atoms with Gasteiger partial charge in [0.25, 0.3) is 0 Å². The van der Waals surface area contributed by atoms with Crippen molar-refractivity contribution >= 4 is 0 Å². The van der Waals surface area contributed by atoms with Crippen LogP contribution in [0, 0.1) is 20.8 Å². The van der Waals surface area contributed by atoms with Crippen molar-refractivity contribution in [3.05, 3.63) is 34.4 Å². The number of hydrogen-bond donors (Lipinski definition) is 1. The predicted molar refractivity (Wildman–Crippen MR) is 65.2 cm³/mol. The molecule has 15 heavy (non-hydrogen) atoms. The molecule has 0 unspecified atom stereocenters. The summed E-state index contributed by atoms with van der Waals surface area (Å²) < 4.78 is 0. The van der Waals surface area contributed by atoms with Gasteiger partial charge in [-0.1, -0.05) is 17.7 Å². The Hall–Kier alpha value is -0.820. The van der Waals surface area contributed by atoms with Crippen molar-refractivity contribution in [3.8, 4) is 0 Å². The fourth-order valence-corrected chi connectivity index (χ4v) is 3.07. The molecule has 1 aliphatic rings. The predicted octanol–water partition coefficient (Wildman–Crippen LogP) is 2.99. The van der Waals surface area contributed by atoms with Crippen LogP contribution >= 0.6 is 0 Å². The van der Waals surface area contributed by atoms with E-state index in [0.29, 0.717) is 5.41 Å². The average molecular weight is 203 g/mol. The smallest absolute Gasteiger partial charge is 0.00291 e. The van der Waals surface area contributed by atoms with E-state index in [9.17, 15) is 0 Å². The first-order chi connectivity index (χ1) is 7.09. The molecule has 0 bridgehead atoms. The highest BCUT2D eigenvalue weighted by Gasteiger charge is 2.44. The Morgan fingerprint density at radius 3 is 2.07 bits per heavy atom. The SMILES string of the molecule is Cc1cc(C)c(C2(CCN)CC2)c(C)c1. The first-order valence-electron chi connectivity index (χ1n) is 5.87. The van der Waals surface area contributed by atoms with Crippen molar-refractivity contribution in [1.82, 2.24) is 0 Å². The molecular weight excluding hydrogens is 182 g/mol. The minimum Gasteiger partial charge on any atom is -0.330 e. The van der Waals surface area contributed by atoms with Gasteiger partial charge in [-0.05, 0) is 68.7 Å². The second-order valence-corrected chi connectivity index (χ2v) is 5.09. The quantitative estimate of drug-likeness (QED) is 0.803. The van der Waals surface area contributed by atoms with Gasteiger partial charge < -0.3 is 5.73 Å². The van der Waals surface area contributed by atoms with Gasteiger partial charge in [-0.3, -0.25) is 0 Å². The van der Waals surface area contributed by atoms with E-state index >= 15 is 0 Å². The summed E-state index contributed by atoms with van der Waals surface area (Å²) in [5.74, 6) is 0. The van der Waals surface area contributed by atoms with Crippen LogP contribution in [-0.4, -0.2) is 6.54 Å². The summed E-state index contributed by atoms with van der Waals surface area (Å²) in [6.07, 6.45) is 3.81. The van der Waals surface area contributed by atoms with Crippen LogP contribution in [0.15, 0.2) is 12.1 Å². The molecule has 0 amide bonds. The zero-order valence-corrected chi connectivity index (χ0v) is 10.1. The zero-order valence-electron chi connectivity index (χ0n) is 10.1. The first kappa shape index (κ1) is 10.7. The molecule has 1 aromatic rings. The van der Waals surface area contributed by atoms with E-state index in [4.69, 9.17) is 5.73 Å². The molecule has 0 spiro atoms. The number of hydrogen-bond acceptors (Lipinski definition) is 1. The molecule has 0 saturated heterocycles. The highest BCUT2D eigenvalue weighted by molar-refractivity contribution is 5.45. The molecule has 2 rings (SSSR count). The monoisotopic (exact) mass is 203 g/mol. The minimum absolute atomic E-state index is 0.441. The average Bonchev–Trinajstić information content (AvgIpc) is 2.83. The van der Waals surface area contributed by atoms with E-state index in [1.54, 1.807) is 5.56 Å². The van der Waals surface area contributed by atoms with Crippen LogP contribution in [0.1, 0.15) is 41.5 Å². The summed E-state index contributed by atoms with van der Waals surface area (Å²) in [6, 6.07) is 4.61. The lowest BCUT2D eigenvalue weighted by atomic mass is 9.85. The highest BCUT2D eigenvalue weighted by atomic mass is 14.6. The molecule has 0 radical (unpaired) electrons. The van der Waals surface area contributed by atoms with Gasteiger partial charge in [0.15, 0.2) is 0 Å². The summed E-state index contributed by atoms with van der Waals surface area (Å²) in [7, 11) is 0. The molecule has 1 nitrogen and oxygen atoms in total. The third-order valence-corrected chi connectivity index (χ3v) is 3.68. The van der Waals surface area contributed by atoms with Crippen molar-refractivity contribution in [3.63, 3.8) is 0 Å². The van der Waals surface area contributed by atoms with Crippen LogP contribution < -0.4 is 5.73 Å². The maximum Gasteiger partial charge on any atom is -0.00291 e. The van der Waals surface area contributed by atoms with Gasteiger partial charge in [-0.2, -0.15) is 0 Å². The number of benzene rings is 1. The van der Waals surface area contributed by atoms with E-state index in [1.165, 1.54) is 29.5 Å². The summed E-state index contributed by atoms with van der Waals surface area (Å²) in [5.41, 5.74) is 12.0. The summed E-state index contributed by atoms with van der Waals surface area (Å²) in [4.78, 5) is 0. The second kappa shape index (κ2) is 3.64. The van der Waals surface area contributed by atoms with Gasteiger partial charge in [0.2, 0.25) is 0 Å². The minimum atomic E-state index is 0.441. The van der Waals surface area contributed by atoms with Crippen LogP contribution in [0.2, 0.25) is 0 Å². The zero-order chi connectivity index (χ0) is 11.1. The lowest BCUT2D eigenvalue weighted by Crippen LogP contribution is -2.16. The summed E-state index contributed by atoms with van der Waals surface area (Å²) in [6.45, 7) is 7.47. The van der Waals surface area contributed by atoms with Gasteiger partial charge in [-0.25, -0.2) is 0 Å². The number of rotatable bonds is 3. The first-order valence-corrected chi connectivity index (χ1v) is 5.87. The van der Waals surface area contributed by atoms with Crippen LogP contribution in [0.25, 0.3) is 0 Å². The molecule has 1 aromatic carbocycles. The Balaban J connectivity index is 2.44. The van der Waals surface area contributed by atoms with Gasteiger partial charge in [-0.15, -0.1) is 0 Å². The van der Waals surface area contributed by atoms with Crippen molar-refractivity contribution < 1.29 is 0 Å². The van der Waals surface area contributed by atoms with Crippen LogP contribution in [0.5, 0.6) is 0 Å². The molecule has 0 aliphatic heterocycles. The van der Waals surface area contributed by atoms with Crippen molar-refractivity contribution in [2.75, 3.05) is 6.54 Å². The van der Waals surface area contributed by atoms with E-state index in [0.717, 1.165) is 13.0 Å². The van der Waals surface area contributed by atoms with Crippen molar-refractivity contribution in [2.45, 2.75) is 45.4 Å². The lowest BCUT2D eigenvalue weighted by molar-refractivity contribution is 0.621. The Labute approximate surface area is 92.7 Å². The number of nitrogens with two attached hydrogens (primary N) is 1. The fourth-order valence-electron chi connectivity index (χ4n) is 3.07. The number of aryl methyl sites for hydroxylation is 3. The molecule has 2 N–H and O–H groups in total. The van der Waals surface area contributed by atoms with Crippen LogP contribution in [0.3, 0.4) is 0 Å². The van der Waals surface area contributed by atoms with Crippen LogP contribution in [-0.2, 0) is 5.41 Å². The molecule has 1 aliphatic carbocycles. The van der Waals surface area contributed by atoms with Crippen molar-refractivity contribution in [2.24, 2.45) is 5.73 Å². The molecule has 1 saturated carbocycles. The molecule has 0 heterocycles. The lowest BCUT2D eigenvalue weighted by Gasteiger charge is -2.20. The third kappa shape index (κ3) is 1.81. The molecule has 1 fully saturated rings.